The molecule has 1 aliphatic carbocycles. The molecule has 0 radical (unpaired) electrons. The molecule has 0 fully saturated rings. The Hall–Kier alpha value is -2.43. The van der Waals surface area contributed by atoms with E-state index >= 15 is 0 Å². The van der Waals surface area contributed by atoms with Crippen molar-refractivity contribution in [3.05, 3.63) is 35.6 Å². The van der Waals surface area contributed by atoms with E-state index in [2.05, 4.69) is 10.3 Å². The van der Waals surface area contributed by atoms with Crippen LogP contribution in [0, 0.1) is 11.3 Å². The molecule has 2 N–H and O–H groups in total. The Kier molecular flexibility index (Phi) is 5.77. The van der Waals surface area contributed by atoms with E-state index in [0.717, 1.165) is 0 Å². The molecule has 0 aliphatic heterocycles. The van der Waals surface area contributed by atoms with Gasteiger partial charge in [0.1, 0.15) is 5.76 Å². The van der Waals surface area contributed by atoms with Crippen LogP contribution in [0.5, 0.6) is 0 Å². The Labute approximate surface area is 148 Å². The summed E-state index contributed by atoms with van der Waals surface area (Å²) in [4.78, 5) is 28.2. The van der Waals surface area contributed by atoms with Crippen molar-refractivity contribution >= 4 is 29.3 Å². The molecule has 0 saturated heterocycles. The SMILES string of the molecule is CC(C)CC(=O)Nc1ccc(N=CC2=C(O)CC(C)(C)CC2=O)cc1. The van der Waals surface area contributed by atoms with Crippen LogP contribution in [0.1, 0.15) is 47.0 Å². The van der Waals surface area contributed by atoms with Crippen LogP contribution >= 0.6 is 0 Å². The molecule has 0 bridgehead atoms. The molecule has 2 rings (SSSR count). The van der Waals surface area contributed by atoms with Gasteiger partial charge in [0, 0.05) is 31.2 Å². The summed E-state index contributed by atoms with van der Waals surface area (Å²) in [6.07, 6.45) is 2.78. The van der Waals surface area contributed by atoms with Gasteiger partial charge in [-0.05, 0) is 35.6 Å². The summed E-state index contributed by atoms with van der Waals surface area (Å²) in [6.45, 7) is 7.91. The van der Waals surface area contributed by atoms with Crippen molar-refractivity contribution in [1.82, 2.24) is 0 Å². The number of aliphatic hydroxyl groups excluding tert-OH is 1. The number of Topliss-reactive ketones (excluding diaryl/α,β-unsaturated/α-hetero) is 1. The highest BCUT2D eigenvalue weighted by Gasteiger charge is 2.32. The first-order valence-electron chi connectivity index (χ1n) is 8.55. The van der Waals surface area contributed by atoms with Gasteiger partial charge in [0.2, 0.25) is 5.91 Å². The largest absolute Gasteiger partial charge is 0.511 e. The van der Waals surface area contributed by atoms with Gasteiger partial charge in [-0.25, -0.2) is 0 Å². The van der Waals surface area contributed by atoms with Gasteiger partial charge in [0.15, 0.2) is 5.78 Å². The number of allylic oxidation sites excluding steroid dienone is 2. The second kappa shape index (κ2) is 7.64. The zero-order valence-corrected chi connectivity index (χ0v) is 15.3. The monoisotopic (exact) mass is 342 g/mol. The third kappa shape index (κ3) is 5.55. The van der Waals surface area contributed by atoms with Crippen molar-refractivity contribution in [2.45, 2.75) is 47.0 Å². The van der Waals surface area contributed by atoms with Gasteiger partial charge in [-0.3, -0.25) is 14.6 Å². The van der Waals surface area contributed by atoms with Gasteiger partial charge in [0.25, 0.3) is 0 Å². The number of benzene rings is 1. The second-order valence-corrected chi connectivity index (χ2v) is 7.75. The van der Waals surface area contributed by atoms with Crippen molar-refractivity contribution in [1.29, 1.82) is 0 Å². The maximum Gasteiger partial charge on any atom is 0.224 e. The number of amides is 1. The van der Waals surface area contributed by atoms with Crippen LogP contribution in [0.3, 0.4) is 0 Å². The lowest BCUT2D eigenvalue weighted by molar-refractivity contribution is -0.118. The fourth-order valence-corrected chi connectivity index (χ4v) is 2.80. The lowest BCUT2D eigenvalue weighted by Gasteiger charge is -2.28. The van der Waals surface area contributed by atoms with E-state index in [9.17, 15) is 14.7 Å². The molecule has 0 atom stereocenters. The Balaban J connectivity index is 2.05. The van der Waals surface area contributed by atoms with Gasteiger partial charge < -0.3 is 10.4 Å². The van der Waals surface area contributed by atoms with E-state index in [1.165, 1.54) is 6.21 Å². The van der Waals surface area contributed by atoms with E-state index < -0.39 is 0 Å². The molecule has 5 heteroatoms. The lowest BCUT2D eigenvalue weighted by Crippen LogP contribution is -2.26. The van der Waals surface area contributed by atoms with E-state index in [0.29, 0.717) is 36.6 Å². The predicted octanol–water partition coefficient (Wildman–Crippen LogP) is 4.57. The summed E-state index contributed by atoms with van der Waals surface area (Å²) in [5.41, 5.74) is 1.43. The van der Waals surface area contributed by atoms with Crippen molar-refractivity contribution in [2.24, 2.45) is 16.3 Å². The maximum atomic E-state index is 12.1. The Morgan fingerprint density at radius 1 is 1.28 bits per heavy atom. The summed E-state index contributed by atoms with van der Waals surface area (Å²) in [5.74, 6) is 0.303. The van der Waals surface area contributed by atoms with Crippen molar-refractivity contribution in [3.63, 3.8) is 0 Å². The minimum Gasteiger partial charge on any atom is -0.511 e. The van der Waals surface area contributed by atoms with Gasteiger partial charge >= 0.3 is 0 Å². The van der Waals surface area contributed by atoms with Crippen LogP contribution in [-0.4, -0.2) is 23.0 Å². The minimum absolute atomic E-state index is 0.0169. The quantitative estimate of drug-likeness (QED) is 0.769. The predicted molar refractivity (Wildman–Crippen MR) is 100 cm³/mol. The Bertz CT molecular complexity index is 713. The van der Waals surface area contributed by atoms with Gasteiger partial charge in [-0.1, -0.05) is 27.7 Å². The molecule has 1 aromatic carbocycles. The van der Waals surface area contributed by atoms with Crippen LogP contribution in [0.15, 0.2) is 40.6 Å². The van der Waals surface area contributed by atoms with Crippen LogP contribution in [0.25, 0.3) is 0 Å². The summed E-state index contributed by atoms with van der Waals surface area (Å²) in [6, 6.07) is 7.06. The number of anilines is 1. The van der Waals surface area contributed by atoms with E-state index in [1.54, 1.807) is 24.3 Å². The number of aliphatic hydroxyl groups is 1. The molecule has 1 amide bonds. The van der Waals surface area contributed by atoms with Crippen molar-refractivity contribution < 1.29 is 14.7 Å². The lowest BCUT2D eigenvalue weighted by atomic mass is 9.77. The molecule has 1 aliphatic rings. The molecule has 0 unspecified atom stereocenters. The molecular weight excluding hydrogens is 316 g/mol. The first kappa shape index (κ1) is 18.9. The van der Waals surface area contributed by atoms with Crippen LogP contribution in [-0.2, 0) is 9.59 Å². The number of hydrogen-bond donors (Lipinski definition) is 2. The van der Waals surface area contributed by atoms with Gasteiger partial charge in [-0.15, -0.1) is 0 Å². The standard InChI is InChI=1S/C20H26N2O3/c1-13(2)9-19(25)22-15-7-5-14(6-8-15)21-12-16-17(23)10-20(3,4)11-18(16)24/h5-8,12-13,23H,9-11H2,1-4H3,(H,22,25). The van der Waals surface area contributed by atoms with E-state index in [-0.39, 0.29) is 28.4 Å². The fraction of sp³-hybridized carbons (Fsp3) is 0.450. The Morgan fingerprint density at radius 3 is 2.48 bits per heavy atom. The van der Waals surface area contributed by atoms with Crippen molar-refractivity contribution in [3.8, 4) is 0 Å². The fourth-order valence-electron chi connectivity index (χ4n) is 2.80. The molecule has 0 saturated carbocycles. The zero-order valence-electron chi connectivity index (χ0n) is 15.3. The molecule has 1 aromatic rings. The normalized spacial score (nSPS) is 17.4. The average Bonchev–Trinajstić information content (AvgIpc) is 2.46. The summed E-state index contributed by atoms with van der Waals surface area (Å²) < 4.78 is 0. The number of hydrogen-bond acceptors (Lipinski definition) is 4. The summed E-state index contributed by atoms with van der Waals surface area (Å²) in [5, 5.41) is 12.9. The number of nitrogens with zero attached hydrogens (tertiary/aromatic N) is 1. The first-order valence-corrected chi connectivity index (χ1v) is 8.55. The highest BCUT2D eigenvalue weighted by Crippen LogP contribution is 2.35. The molecule has 0 heterocycles. The molecule has 5 nitrogen and oxygen atoms in total. The molecule has 134 valence electrons. The smallest absolute Gasteiger partial charge is 0.224 e. The number of aliphatic imine (C=N–C) groups is 1. The first-order chi connectivity index (χ1) is 11.7. The number of carbonyl (C=O) groups is 2. The van der Waals surface area contributed by atoms with Gasteiger partial charge in [-0.2, -0.15) is 0 Å². The van der Waals surface area contributed by atoms with Crippen LogP contribution < -0.4 is 5.32 Å². The summed E-state index contributed by atoms with van der Waals surface area (Å²) >= 11 is 0. The zero-order chi connectivity index (χ0) is 18.6. The van der Waals surface area contributed by atoms with Gasteiger partial charge in [0.05, 0.1) is 11.3 Å². The minimum atomic E-state index is -0.214. The maximum absolute atomic E-state index is 12.1. The van der Waals surface area contributed by atoms with Crippen LogP contribution in [0.2, 0.25) is 0 Å². The number of ketones is 1. The number of rotatable bonds is 5. The molecule has 0 spiro atoms. The van der Waals surface area contributed by atoms with E-state index in [1.807, 2.05) is 27.7 Å². The molecular formula is C20H26N2O3. The second-order valence-electron chi connectivity index (χ2n) is 7.75. The molecule has 25 heavy (non-hydrogen) atoms. The Morgan fingerprint density at radius 2 is 1.92 bits per heavy atom. The average molecular weight is 342 g/mol. The molecule has 0 aromatic heterocycles. The topological polar surface area (TPSA) is 78.8 Å². The summed E-state index contributed by atoms with van der Waals surface area (Å²) in [7, 11) is 0. The number of nitrogens with one attached hydrogen (secondary N) is 1. The van der Waals surface area contributed by atoms with E-state index in [4.69, 9.17) is 0 Å². The number of carbonyl (C=O) groups excluding carboxylic acids is 2. The third-order valence-corrected chi connectivity index (χ3v) is 3.98. The van der Waals surface area contributed by atoms with Crippen LogP contribution in [0.4, 0.5) is 11.4 Å². The highest BCUT2D eigenvalue weighted by atomic mass is 16.3. The van der Waals surface area contributed by atoms with Crippen molar-refractivity contribution in [2.75, 3.05) is 5.32 Å². The third-order valence-electron chi connectivity index (χ3n) is 3.98. The highest BCUT2D eigenvalue weighted by molar-refractivity contribution is 6.14.